The number of hydrogen-bond acceptors (Lipinski definition) is 3. The molecule has 0 radical (unpaired) electrons. The van der Waals surface area contributed by atoms with Crippen molar-refractivity contribution >= 4 is 34.3 Å². The zero-order chi connectivity index (χ0) is 12.0. The number of anilines is 1. The number of nitrogens with one attached hydrogen (secondary N) is 1. The molecule has 6 heteroatoms. The molecule has 0 saturated carbocycles. The summed E-state index contributed by atoms with van der Waals surface area (Å²) in [5.41, 5.74) is 1.79. The van der Waals surface area contributed by atoms with Crippen molar-refractivity contribution in [1.29, 1.82) is 0 Å². The molecule has 1 saturated heterocycles. The highest BCUT2D eigenvalue weighted by Gasteiger charge is 2.29. The Hall–Kier alpha value is -1.75. The molecular weight excluding hydrogens is 244 g/mol. The molecule has 5 nitrogen and oxygen atoms in total. The Morgan fingerprint density at radius 2 is 2.24 bits per heavy atom. The first-order valence-corrected chi connectivity index (χ1v) is 5.64. The van der Waals surface area contributed by atoms with Gasteiger partial charge in [-0.15, -0.1) is 11.6 Å². The van der Waals surface area contributed by atoms with Crippen LogP contribution in [-0.2, 0) is 4.79 Å². The van der Waals surface area contributed by atoms with Crippen LogP contribution in [0.5, 0.6) is 0 Å². The summed E-state index contributed by atoms with van der Waals surface area (Å²) < 4.78 is 4.89. The Kier molecular flexibility index (Phi) is 2.22. The van der Waals surface area contributed by atoms with Gasteiger partial charge in [-0.1, -0.05) is 0 Å². The number of nitrogens with zero attached hydrogens (tertiary/aromatic N) is 1. The van der Waals surface area contributed by atoms with Crippen LogP contribution in [0.3, 0.4) is 0 Å². The molecule has 1 N–H and O–H groups in total. The molecular formula is C11H9ClN2O3. The second kappa shape index (κ2) is 3.63. The van der Waals surface area contributed by atoms with E-state index in [1.165, 1.54) is 0 Å². The molecule has 1 unspecified atom stereocenters. The van der Waals surface area contributed by atoms with Crippen LogP contribution in [0.2, 0.25) is 0 Å². The number of hydrogen-bond donors (Lipinski definition) is 1. The standard InChI is InChI=1S/C11H9ClN2O3/c12-6-3-10(15)14(5-6)7-1-2-9-8(4-7)13-11(16)17-9/h1-2,4,6H,3,5H2,(H,13,16). The second-order valence-electron chi connectivity index (χ2n) is 4.00. The van der Waals surface area contributed by atoms with E-state index < -0.39 is 5.76 Å². The van der Waals surface area contributed by atoms with E-state index in [1.54, 1.807) is 23.1 Å². The van der Waals surface area contributed by atoms with Gasteiger partial charge in [-0.05, 0) is 18.2 Å². The molecule has 1 atom stereocenters. The maximum Gasteiger partial charge on any atom is 0.417 e. The molecule has 1 aliphatic rings. The predicted octanol–water partition coefficient (Wildman–Crippen LogP) is 1.47. The van der Waals surface area contributed by atoms with E-state index in [4.69, 9.17) is 16.0 Å². The number of aromatic amines is 1. The van der Waals surface area contributed by atoms with Crippen LogP contribution >= 0.6 is 11.6 Å². The van der Waals surface area contributed by atoms with Crippen molar-refractivity contribution in [2.45, 2.75) is 11.8 Å². The van der Waals surface area contributed by atoms with Crippen molar-refractivity contribution < 1.29 is 9.21 Å². The molecule has 88 valence electrons. The predicted molar refractivity (Wildman–Crippen MR) is 63.4 cm³/mol. The van der Waals surface area contributed by atoms with E-state index in [-0.39, 0.29) is 11.3 Å². The third-order valence-electron chi connectivity index (χ3n) is 2.79. The number of aromatic nitrogens is 1. The summed E-state index contributed by atoms with van der Waals surface area (Å²) in [5, 5.41) is -0.151. The highest BCUT2D eigenvalue weighted by atomic mass is 35.5. The average Bonchev–Trinajstić information content (AvgIpc) is 2.78. The van der Waals surface area contributed by atoms with Crippen molar-refractivity contribution in [1.82, 2.24) is 4.98 Å². The summed E-state index contributed by atoms with van der Waals surface area (Å²) in [7, 11) is 0. The van der Waals surface area contributed by atoms with Gasteiger partial charge in [0.25, 0.3) is 0 Å². The Bertz CT molecular complexity index is 645. The summed E-state index contributed by atoms with van der Waals surface area (Å²) in [5.74, 6) is -0.504. The lowest BCUT2D eigenvalue weighted by Crippen LogP contribution is -2.24. The first-order valence-electron chi connectivity index (χ1n) is 5.21. The van der Waals surface area contributed by atoms with Gasteiger partial charge in [-0.25, -0.2) is 4.79 Å². The zero-order valence-corrected chi connectivity index (χ0v) is 9.53. The summed E-state index contributed by atoms with van der Waals surface area (Å²) in [6.45, 7) is 0.494. The van der Waals surface area contributed by atoms with E-state index in [0.717, 1.165) is 5.69 Å². The number of alkyl halides is 1. The van der Waals surface area contributed by atoms with Crippen LogP contribution in [-0.4, -0.2) is 22.8 Å². The number of amides is 1. The number of carbonyl (C=O) groups is 1. The van der Waals surface area contributed by atoms with E-state index in [9.17, 15) is 9.59 Å². The van der Waals surface area contributed by atoms with E-state index in [1.807, 2.05) is 0 Å². The highest BCUT2D eigenvalue weighted by Crippen LogP contribution is 2.26. The van der Waals surface area contributed by atoms with Gasteiger partial charge in [-0.2, -0.15) is 0 Å². The largest absolute Gasteiger partial charge is 0.417 e. The van der Waals surface area contributed by atoms with Crippen molar-refractivity contribution in [3.05, 3.63) is 28.7 Å². The maximum absolute atomic E-state index is 11.7. The zero-order valence-electron chi connectivity index (χ0n) is 8.77. The molecule has 3 rings (SSSR count). The fraction of sp³-hybridized carbons (Fsp3) is 0.273. The Morgan fingerprint density at radius 3 is 2.94 bits per heavy atom. The van der Waals surface area contributed by atoms with Gasteiger partial charge in [0.15, 0.2) is 5.58 Å². The Morgan fingerprint density at radius 1 is 1.41 bits per heavy atom. The van der Waals surface area contributed by atoms with Crippen molar-refractivity contribution in [3.8, 4) is 0 Å². The summed E-state index contributed by atoms with van der Waals surface area (Å²) >= 11 is 5.94. The molecule has 0 bridgehead atoms. The lowest BCUT2D eigenvalue weighted by molar-refractivity contribution is -0.117. The number of rotatable bonds is 1. The van der Waals surface area contributed by atoms with Gasteiger partial charge in [0, 0.05) is 18.7 Å². The summed E-state index contributed by atoms with van der Waals surface area (Å²) in [6, 6.07) is 5.12. The Labute approximate surface area is 101 Å². The van der Waals surface area contributed by atoms with Crippen LogP contribution in [0.25, 0.3) is 11.1 Å². The van der Waals surface area contributed by atoms with Crippen LogP contribution in [0.4, 0.5) is 5.69 Å². The fourth-order valence-electron chi connectivity index (χ4n) is 2.02. The van der Waals surface area contributed by atoms with Gasteiger partial charge < -0.3 is 9.32 Å². The molecule has 1 aromatic heterocycles. The number of halogens is 1. The number of carbonyl (C=O) groups excluding carboxylic acids is 1. The average molecular weight is 253 g/mol. The second-order valence-corrected chi connectivity index (χ2v) is 4.62. The minimum Gasteiger partial charge on any atom is -0.408 e. The number of fused-ring (bicyclic) bond motifs is 1. The molecule has 1 aliphatic heterocycles. The SMILES string of the molecule is O=C1CC(Cl)CN1c1ccc2oc(=O)[nH]c2c1. The Balaban J connectivity index is 2.06. The number of oxazole rings is 1. The first-order chi connectivity index (χ1) is 8.13. The molecule has 2 heterocycles. The first kappa shape index (κ1) is 10.4. The number of benzene rings is 1. The monoisotopic (exact) mass is 252 g/mol. The maximum atomic E-state index is 11.7. The molecule has 0 spiro atoms. The minimum atomic E-state index is -0.500. The van der Waals surface area contributed by atoms with Crippen LogP contribution in [0.1, 0.15) is 6.42 Å². The topological polar surface area (TPSA) is 66.3 Å². The van der Waals surface area contributed by atoms with Crippen molar-refractivity contribution in [3.63, 3.8) is 0 Å². The molecule has 0 aliphatic carbocycles. The van der Waals surface area contributed by atoms with Gasteiger partial charge >= 0.3 is 5.76 Å². The third kappa shape index (κ3) is 1.72. The highest BCUT2D eigenvalue weighted by molar-refractivity contribution is 6.24. The molecule has 2 aromatic rings. The van der Waals surface area contributed by atoms with Crippen molar-refractivity contribution in [2.75, 3.05) is 11.4 Å². The van der Waals surface area contributed by atoms with Crippen LogP contribution < -0.4 is 10.7 Å². The lowest BCUT2D eigenvalue weighted by Gasteiger charge is -2.15. The number of H-pyrrole nitrogens is 1. The molecule has 1 fully saturated rings. The van der Waals surface area contributed by atoms with Gasteiger partial charge in [-0.3, -0.25) is 9.78 Å². The molecule has 1 amide bonds. The van der Waals surface area contributed by atoms with Crippen molar-refractivity contribution in [2.24, 2.45) is 0 Å². The third-order valence-corrected chi connectivity index (χ3v) is 3.08. The molecule has 1 aromatic carbocycles. The minimum absolute atomic E-state index is 0.00445. The fourth-order valence-corrected chi connectivity index (χ4v) is 2.29. The van der Waals surface area contributed by atoms with Gasteiger partial charge in [0.1, 0.15) is 0 Å². The van der Waals surface area contributed by atoms with E-state index in [0.29, 0.717) is 24.1 Å². The van der Waals surface area contributed by atoms with E-state index in [2.05, 4.69) is 4.98 Å². The van der Waals surface area contributed by atoms with Crippen LogP contribution in [0, 0.1) is 0 Å². The smallest absolute Gasteiger partial charge is 0.408 e. The van der Waals surface area contributed by atoms with Crippen LogP contribution in [0.15, 0.2) is 27.4 Å². The normalized spacial score (nSPS) is 20.4. The molecule has 17 heavy (non-hydrogen) atoms. The lowest BCUT2D eigenvalue weighted by atomic mass is 10.2. The van der Waals surface area contributed by atoms with Gasteiger partial charge in [0.2, 0.25) is 5.91 Å². The summed E-state index contributed by atoms with van der Waals surface area (Å²) in [6.07, 6.45) is 0.349. The summed E-state index contributed by atoms with van der Waals surface area (Å²) in [4.78, 5) is 26.9. The van der Waals surface area contributed by atoms with E-state index >= 15 is 0 Å². The van der Waals surface area contributed by atoms with Gasteiger partial charge in [0.05, 0.1) is 10.9 Å². The quantitative estimate of drug-likeness (QED) is 0.782.